The summed E-state index contributed by atoms with van der Waals surface area (Å²) in [4.78, 5) is 44.4. The molecule has 2 rings (SSSR count). The summed E-state index contributed by atoms with van der Waals surface area (Å²) in [6.07, 6.45) is 0. The predicted octanol–water partition coefficient (Wildman–Crippen LogP) is 2.42. The van der Waals surface area contributed by atoms with Crippen LogP contribution in [0.1, 0.15) is 26.3 Å². The molecule has 0 bridgehead atoms. The summed E-state index contributed by atoms with van der Waals surface area (Å²) in [5.41, 5.74) is -0.521. The van der Waals surface area contributed by atoms with Gasteiger partial charge in [0, 0.05) is 29.9 Å². The number of benzene rings is 2. The van der Waals surface area contributed by atoms with Crippen LogP contribution in [0.15, 0.2) is 36.4 Å². The van der Waals surface area contributed by atoms with E-state index in [0.29, 0.717) is 11.3 Å². The molecule has 0 aromatic heterocycles. The molecule has 10 heteroatoms. The smallest absolute Gasteiger partial charge is 0.279 e. The van der Waals surface area contributed by atoms with Crippen molar-refractivity contribution in [2.75, 3.05) is 12.4 Å². The second-order valence-corrected chi connectivity index (χ2v) is 5.26. The zero-order chi connectivity index (χ0) is 19.4. The monoisotopic (exact) mass is 358 g/mol. The van der Waals surface area contributed by atoms with Gasteiger partial charge in [-0.1, -0.05) is 0 Å². The zero-order valence-electron chi connectivity index (χ0n) is 13.8. The van der Waals surface area contributed by atoms with Gasteiger partial charge in [-0.2, -0.15) is 0 Å². The number of nitro benzene ring substituents is 2. The van der Waals surface area contributed by atoms with Crippen LogP contribution in [0.4, 0.5) is 17.1 Å². The standard InChI is InChI=1S/C16H14N4O6/c1-9-13(7-12(19(23)24)8-14(9)20(25)26)16(22)18-11-5-3-10(4-6-11)15(21)17-2/h3-8H,1-2H3,(H,17,21)(H,18,22). The van der Waals surface area contributed by atoms with Crippen LogP contribution in [-0.4, -0.2) is 28.7 Å². The fraction of sp³-hybridized carbons (Fsp3) is 0.125. The van der Waals surface area contributed by atoms with Gasteiger partial charge < -0.3 is 10.6 Å². The molecule has 134 valence electrons. The van der Waals surface area contributed by atoms with Gasteiger partial charge in [-0.15, -0.1) is 0 Å². The highest BCUT2D eigenvalue weighted by atomic mass is 16.6. The van der Waals surface area contributed by atoms with Crippen molar-refractivity contribution in [3.05, 3.63) is 73.3 Å². The Morgan fingerprint density at radius 3 is 2.08 bits per heavy atom. The average molecular weight is 358 g/mol. The zero-order valence-corrected chi connectivity index (χ0v) is 13.8. The van der Waals surface area contributed by atoms with E-state index in [9.17, 15) is 29.8 Å². The number of nitrogens with zero attached hydrogens (tertiary/aromatic N) is 2. The number of carbonyl (C=O) groups excluding carboxylic acids is 2. The minimum atomic E-state index is -0.804. The minimum absolute atomic E-state index is 0.0140. The Bertz CT molecular complexity index is 908. The van der Waals surface area contributed by atoms with Gasteiger partial charge in [-0.05, 0) is 31.2 Å². The number of carbonyl (C=O) groups is 2. The van der Waals surface area contributed by atoms with E-state index in [2.05, 4.69) is 10.6 Å². The van der Waals surface area contributed by atoms with Gasteiger partial charge in [0.05, 0.1) is 21.5 Å². The number of rotatable bonds is 5. The van der Waals surface area contributed by atoms with E-state index >= 15 is 0 Å². The summed E-state index contributed by atoms with van der Waals surface area (Å²) in [5.74, 6) is -1.03. The molecular formula is C16H14N4O6. The Morgan fingerprint density at radius 2 is 1.58 bits per heavy atom. The maximum absolute atomic E-state index is 12.4. The second kappa shape index (κ2) is 7.38. The Morgan fingerprint density at radius 1 is 0.962 bits per heavy atom. The molecule has 10 nitrogen and oxygen atoms in total. The van der Waals surface area contributed by atoms with E-state index in [1.54, 1.807) is 0 Å². The van der Waals surface area contributed by atoms with Crippen LogP contribution in [-0.2, 0) is 0 Å². The van der Waals surface area contributed by atoms with Crippen molar-refractivity contribution in [2.24, 2.45) is 0 Å². The Balaban J connectivity index is 2.36. The highest BCUT2D eigenvalue weighted by molar-refractivity contribution is 6.06. The maximum atomic E-state index is 12.4. The van der Waals surface area contributed by atoms with Crippen molar-refractivity contribution >= 4 is 28.9 Å². The topological polar surface area (TPSA) is 144 Å². The molecule has 2 aromatic rings. The number of non-ortho nitro benzene ring substituents is 1. The van der Waals surface area contributed by atoms with Gasteiger partial charge in [0.2, 0.25) is 0 Å². The molecule has 0 aliphatic rings. The summed E-state index contributed by atoms with van der Waals surface area (Å²) in [5, 5.41) is 27.0. The molecule has 0 fully saturated rings. The van der Waals surface area contributed by atoms with Crippen LogP contribution in [0.3, 0.4) is 0 Å². The van der Waals surface area contributed by atoms with Gasteiger partial charge in [0.25, 0.3) is 23.2 Å². The molecule has 0 saturated carbocycles. The maximum Gasteiger partial charge on any atom is 0.279 e. The first-order chi connectivity index (χ1) is 12.2. The predicted molar refractivity (Wildman–Crippen MR) is 92.3 cm³/mol. The molecule has 0 heterocycles. The van der Waals surface area contributed by atoms with Gasteiger partial charge >= 0.3 is 0 Å². The van der Waals surface area contributed by atoms with Crippen LogP contribution in [0.2, 0.25) is 0 Å². The number of anilines is 1. The van der Waals surface area contributed by atoms with Gasteiger partial charge in [-0.25, -0.2) is 0 Å². The van der Waals surface area contributed by atoms with Crippen molar-refractivity contribution in [3.63, 3.8) is 0 Å². The Kier molecular flexibility index (Phi) is 5.26. The van der Waals surface area contributed by atoms with Crippen LogP contribution >= 0.6 is 0 Å². The molecule has 0 spiro atoms. The number of hydrogen-bond donors (Lipinski definition) is 2. The number of hydrogen-bond acceptors (Lipinski definition) is 6. The summed E-state index contributed by atoms with van der Waals surface area (Å²) in [6, 6.07) is 7.71. The Labute approximate surface area is 147 Å². The highest BCUT2D eigenvalue weighted by Gasteiger charge is 2.24. The van der Waals surface area contributed by atoms with Crippen LogP contribution < -0.4 is 10.6 Å². The fourth-order valence-corrected chi connectivity index (χ4v) is 2.26. The first kappa shape index (κ1) is 18.5. The van der Waals surface area contributed by atoms with E-state index in [-0.39, 0.29) is 17.0 Å². The lowest BCUT2D eigenvalue weighted by molar-refractivity contribution is -0.394. The third kappa shape index (κ3) is 3.80. The number of nitro groups is 2. The normalized spacial score (nSPS) is 10.1. The minimum Gasteiger partial charge on any atom is -0.355 e. The summed E-state index contributed by atoms with van der Waals surface area (Å²) in [7, 11) is 1.48. The lowest BCUT2D eigenvalue weighted by Crippen LogP contribution is -2.18. The third-order valence-electron chi connectivity index (χ3n) is 3.65. The van der Waals surface area contributed by atoms with Crippen LogP contribution in [0, 0.1) is 27.2 Å². The average Bonchev–Trinajstić information content (AvgIpc) is 2.61. The van der Waals surface area contributed by atoms with E-state index in [1.807, 2.05) is 0 Å². The molecule has 26 heavy (non-hydrogen) atoms. The van der Waals surface area contributed by atoms with E-state index < -0.39 is 27.1 Å². The lowest BCUT2D eigenvalue weighted by atomic mass is 10.0. The molecule has 0 aliphatic carbocycles. The van der Waals surface area contributed by atoms with Crippen LogP contribution in [0.25, 0.3) is 0 Å². The van der Waals surface area contributed by atoms with Gasteiger partial charge in [0.15, 0.2) is 0 Å². The fourth-order valence-electron chi connectivity index (χ4n) is 2.26. The summed E-state index contributed by atoms with van der Waals surface area (Å²) < 4.78 is 0. The highest BCUT2D eigenvalue weighted by Crippen LogP contribution is 2.28. The molecular weight excluding hydrogens is 344 g/mol. The second-order valence-electron chi connectivity index (χ2n) is 5.26. The molecule has 0 saturated heterocycles. The summed E-state index contributed by atoms with van der Waals surface area (Å²) >= 11 is 0. The van der Waals surface area contributed by atoms with Crippen molar-refractivity contribution in [2.45, 2.75) is 6.92 Å². The third-order valence-corrected chi connectivity index (χ3v) is 3.65. The van der Waals surface area contributed by atoms with Gasteiger partial charge in [-0.3, -0.25) is 29.8 Å². The SMILES string of the molecule is CNC(=O)c1ccc(NC(=O)c2cc([N+](=O)[O-])cc([N+](=O)[O-])c2C)cc1. The molecule has 2 N–H and O–H groups in total. The molecule has 0 aliphatic heterocycles. The first-order valence-corrected chi connectivity index (χ1v) is 7.31. The molecule has 0 unspecified atom stereocenters. The molecule has 0 atom stereocenters. The van der Waals surface area contributed by atoms with E-state index in [0.717, 1.165) is 12.1 Å². The lowest BCUT2D eigenvalue weighted by Gasteiger charge is -2.09. The van der Waals surface area contributed by atoms with E-state index in [1.165, 1.54) is 38.2 Å². The molecule has 0 radical (unpaired) electrons. The molecule has 2 amide bonds. The van der Waals surface area contributed by atoms with E-state index in [4.69, 9.17) is 0 Å². The van der Waals surface area contributed by atoms with Crippen molar-refractivity contribution in [3.8, 4) is 0 Å². The van der Waals surface area contributed by atoms with Crippen LogP contribution in [0.5, 0.6) is 0 Å². The summed E-state index contributed by atoms with van der Waals surface area (Å²) in [6.45, 7) is 1.34. The quantitative estimate of drug-likeness (QED) is 0.620. The van der Waals surface area contributed by atoms with Crippen molar-refractivity contribution in [1.82, 2.24) is 5.32 Å². The number of nitrogens with one attached hydrogen (secondary N) is 2. The Hall–Kier alpha value is -3.82. The van der Waals surface area contributed by atoms with Gasteiger partial charge in [0.1, 0.15) is 0 Å². The largest absolute Gasteiger partial charge is 0.355 e. The first-order valence-electron chi connectivity index (χ1n) is 7.31. The van der Waals surface area contributed by atoms with Crippen molar-refractivity contribution in [1.29, 1.82) is 0 Å². The van der Waals surface area contributed by atoms with Crippen molar-refractivity contribution < 1.29 is 19.4 Å². The molecule has 2 aromatic carbocycles. The number of amides is 2.